The highest BCUT2D eigenvalue weighted by Gasteiger charge is 2.33. The molecule has 0 amide bonds. The molecule has 1 aromatic heterocycles. The minimum Gasteiger partial charge on any atom is -0.368 e. The Bertz CT molecular complexity index is 667. The minimum absolute atomic E-state index is 0.585. The van der Waals surface area contributed by atoms with Crippen molar-refractivity contribution in [1.29, 1.82) is 0 Å². The molecule has 1 heterocycles. The van der Waals surface area contributed by atoms with Crippen molar-refractivity contribution in [1.82, 2.24) is 15.6 Å². The number of hydrogen-bond acceptors (Lipinski definition) is 3. The van der Waals surface area contributed by atoms with E-state index in [9.17, 15) is 0 Å². The molecular formula is C17H23N5. The minimum atomic E-state index is 0.585. The van der Waals surface area contributed by atoms with Crippen LogP contribution in [-0.2, 0) is 0 Å². The van der Waals surface area contributed by atoms with E-state index in [4.69, 9.17) is 0 Å². The summed E-state index contributed by atoms with van der Waals surface area (Å²) in [5.74, 6) is 2.54. The average Bonchev–Trinajstić information content (AvgIpc) is 3.25. The molecule has 1 aliphatic carbocycles. The maximum absolute atomic E-state index is 4.60. The maximum atomic E-state index is 4.60. The van der Waals surface area contributed by atoms with Crippen LogP contribution in [0.1, 0.15) is 13.3 Å². The molecule has 1 aliphatic rings. The number of aliphatic imine (C=N–C) groups is 1. The van der Waals surface area contributed by atoms with Crippen LogP contribution in [0.5, 0.6) is 0 Å². The molecule has 0 spiro atoms. The molecule has 2 aromatic rings. The first-order valence-electron chi connectivity index (χ1n) is 7.83. The number of benzene rings is 1. The van der Waals surface area contributed by atoms with Gasteiger partial charge in [0, 0.05) is 31.6 Å². The number of hydrogen-bond donors (Lipinski definition) is 3. The Morgan fingerprint density at radius 2 is 2.05 bits per heavy atom. The Kier molecular flexibility index (Phi) is 4.42. The van der Waals surface area contributed by atoms with Crippen molar-refractivity contribution < 1.29 is 0 Å². The summed E-state index contributed by atoms with van der Waals surface area (Å²) in [7, 11) is 1.81. The lowest BCUT2D eigenvalue weighted by Gasteiger charge is -2.12. The summed E-state index contributed by atoms with van der Waals surface area (Å²) < 4.78 is 0. The van der Waals surface area contributed by atoms with Gasteiger partial charge in [0.15, 0.2) is 5.96 Å². The van der Waals surface area contributed by atoms with E-state index in [1.165, 1.54) is 6.42 Å². The predicted molar refractivity (Wildman–Crippen MR) is 92.3 cm³/mol. The zero-order valence-electron chi connectivity index (χ0n) is 13.1. The SMILES string of the molecule is CN=C(NCCNc1ccc2ccccc2n1)NC1CC1C. The number of anilines is 1. The number of nitrogens with zero attached hydrogens (tertiary/aromatic N) is 2. The van der Waals surface area contributed by atoms with E-state index >= 15 is 0 Å². The standard InChI is InChI=1S/C17H23N5/c1-12-11-15(12)22-17(18-2)20-10-9-19-16-8-7-13-5-3-4-6-14(13)21-16/h3-8,12,15H,9-11H2,1-2H3,(H,19,21)(H2,18,20,22). The van der Waals surface area contributed by atoms with Gasteiger partial charge in [-0.25, -0.2) is 4.98 Å². The largest absolute Gasteiger partial charge is 0.368 e. The van der Waals surface area contributed by atoms with Crippen molar-refractivity contribution in [3.05, 3.63) is 36.4 Å². The van der Waals surface area contributed by atoms with Crippen LogP contribution in [0.25, 0.3) is 10.9 Å². The topological polar surface area (TPSA) is 61.3 Å². The van der Waals surface area contributed by atoms with Gasteiger partial charge in [0.1, 0.15) is 5.82 Å². The van der Waals surface area contributed by atoms with Crippen molar-refractivity contribution in [2.45, 2.75) is 19.4 Å². The third kappa shape index (κ3) is 3.67. The third-order valence-electron chi connectivity index (χ3n) is 3.98. The van der Waals surface area contributed by atoms with Crippen LogP contribution in [0, 0.1) is 5.92 Å². The van der Waals surface area contributed by atoms with Crippen LogP contribution < -0.4 is 16.0 Å². The number of pyridine rings is 1. The average molecular weight is 297 g/mol. The van der Waals surface area contributed by atoms with Crippen molar-refractivity contribution in [2.24, 2.45) is 10.9 Å². The van der Waals surface area contributed by atoms with Crippen LogP contribution in [0.15, 0.2) is 41.4 Å². The summed E-state index contributed by atoms with van der Waals surface area (Å²) in [5.41, 5.74) is 1.01. The molecule has 2 atom stereocenters. The summed E-state index contributed by atoms with van der Waals surface area (Å²) in [6.45, 7) is 3.85. The van der Waals surface area contributed by atoms with Gasteiger partial charge in [-0.05, 0) is 30.5 Å². The van der Waals surface area contributed by atoms with Crippen molar-refractivity contribution in [3.8, 4) is 0 Å². The molecule has 3 N–H and O–H groups in total. The van der Waals surface area contributed by atoms with Gasteiger partial charge in [-0.3, -0.25) is 4.99 Å². The van der Waals surface area contributed by atoms with Crippen molar-refractivity contribution >= 4 is 22.7 Å². The van der Waals surface area contributed by atoms with Gasteiger partial charge in [-0.1, -0.05) is 25.1 Å². The normalized spacial score (nSPS) is 20.7. The molecule has 0 radical (unpaired) electrons. The van der Waals surface area contributed by atoms with Gasteiger partial charge in [0.25, 0.3) is 0 Å². The third-order valence-corrected chi connectivity index (χ3v) is 3.98. The highest BCUT2D eigenvalue weighted by atomic mass is 15.2. The fourth-order valence-corrected chi connectivity index (χ4v) is 2.43. The predicted octanol–water partition coefficient (Wildman–Crippen LogP) is 2.22. The Hall–Kier alpha value is -2.30. The second kappa shape index (κ2) is 6.64. The van der Waals surface area contributed by atoms with E-state index in [1.54, 1.807) is 7.05 Å². The molecule has 5 nitrogen and oxygen atoms in total. The van der Waals surface area contributed by atoms with Gasteiger partial charge >= 0.3 is 0 Å². The molecule has 3 rings (SSSR count). The highest BCUT2D eigenvalue weighted by Crippen LogP contribution is 2.28. The summed E-state index contributed by atoms with van der Waals surface area (Å²) in [4.78, 5) is 8.83. The van der Waals surface area contributed by atoms with E-state index in [0.29, 0.717) is 6.04 Å². The van der Waals surface area contributed by atoms with Crippen LogP contribution in [0.3, 0.4) is 0 Å². The van der Waals surface area contributed by atoms with E-state index in [2.05, 4.69) is 45.0 Å². The van der Waals surface area contributed by atoms with Crippen LogP contribution >= 0.6 is 0 Å². The summed E-state index contributed by atoms with van der Waals surface area (Å²) >= 11 is 0. The first kappa shape index (κ1) is 14.6. The molecule has 0 aliphatic heterocycles. The number of nitrogens with one attached hydrogen (secondary N) is 3. The summed E-state index contributed by atoms with van der Waals surface area (Å²) in [6, 6.07) is 12.8. The second-order valence-electron chi connectivity index (χ2n) is 5.78. The van der Waals surface area contributed by atoms with Crippen LogP contribution in [0.2, 0.25) is 0 Å². The van der Waals surface area contributed by atoms with Crippen molar-refractivity contribution in [3.63, 3.8) is 0 Å². The van der Waals surface area contributed by atoms with Gasteiger partial charge in [0.2, 0.25) is 0 Å². The Balaban J connectivity index is 1.45. The second-order valence-corrected chi connectivity index (χ2v) is 5.78. The lowest BCUT2D eigenvalue weighted by Crippen LogP contribution is -2.41. The van der Waals surface area contributed by atoms with Gasteiger partial charge in [-0.2, -0.15) is 0 Å². The lowest BCUT2D eigenvalue weighted by atomic mass is 10.2. The first-order chi connectivity index (χ1) is 10.8. The number of aromatic nitrogens is 1. The smallest absolute Gasteiger partial charge is 0.191 e. The van der Waals surface area contributed by atoms with Crippen LogP contribution in [-0.4, -0.2) is 37.1 Å². The zero-order chi connectivity index (χ0) is 15.4. The Morgan fingerprint density at radius 3 is 2.82 bits per heavy atom. The lowest BCUT2D eigenvalue weighted by molar-refractivity contribution is 0.766. The number of rotatable bonds is 5. The summed E-state index contributed by atoms with van der Waals surface area (Å²) in [6.07, 6.45) is 1.24. The number of fused-ring (bicyclic) bond motifs is 1. The molecule has 2 unspecified atom stereocenters. The van der Waals surface area contributed by atoms with Gasteiger partial charge in [0.05, 0.1) is 5.52 Å². The quantitative estimate of drug-likeness (QED) is 0.450. The molecule has 116 valence electrons. The van der Waals surface area contributed by atoms with Gasteiger partial charge in [-0.15, -0.1) is 0 Å². The van der Waals surface area contributed by atoms with Crippen LogP contribution in [0.4, 0.5) is 5.82 Å². The molecule has 0 bridgehead atoms. The first-order valence-corrected chi connectivity index (χ1v) is 7.83. The maximum Gasteiger partial charge on any atom is 0.191 e. The van der Waals surface area contributed by atoms with Gasteiger partial charge < -0.3 is 16.0 Å². The molecule has 1 fully saturated rings. The van der Waals surface area contributed by atoms with E-state index in [-0.39, 0.29) is 0 Å². The summed E-state index contributed by atoms with van der Waals surface area (Å²) in [5, 5.41) is 11.2. The molecule has 22 heavy (non-hydrogen) atoms. The molecule has 5 heteroatoms. The van der Waals surface area contributed by atoms with Crippen molar-refractivity contribution in [2.75, 3.05) is 25.5 Å². The van der Waals surface area contributed by atoms with E-state index in [0.717, 1.165) is 41.7 Å². The fourth-order valence-electron chi connectivity index (χ4n) is 2.43. The molecular weight excluding hydrogens is 274 g/mol. The zero-order valence-corrected chi connectivity index (χ0v) is 13.1. The molecule has 0 saturated heterocycles. The Labute approximate surface area is 131 Å². The monoisotopic (exact) mass is 297 g/mol. The van der Waals surface area contributed by atoms with E-state index < -0.39 is 0 Å². The van der Waals surface area contributed by atoms with E-state index in [1.807, 2.05) is 24.3 Å². The molecule has 1 aromatic carbocycles. The number of guanidine groups is 1. The Morgan fingerprint density at radius 1 is 1.23 bits per heavy atom. The number of para-hydroxylation sites is 1. The fraction of sp³-hybridized carbons (Fsp3) is 0.412. The molecule has 1 saturated carbocycles. The highest BCUT2D eigenvalue weighted by molar-refractivity contribution is 5.81.